The Morgan fingerprint density at radius 2 is 1.02 bits per heavy atom. The minimum absolute atomic E-state index is 0.161. The number of anilines is 3. The fourth-order valence-corrected chi connectivity index (χ4v) is 8.88. The standard InChI is InChI=1S/C43H31NS/c1-43(2)36-23-8-5-17-30(36)33-20-13-26-39(41(33)43)44(37-25-11-15-28-14-3-4-16-29(28)37)38-24-9-6-18-31(38)34-21-12-22-35-32-19-7-10-27-40(32)45-42(34)35/h3-27H,1-2H3. The molecule has 1 nitrogen and oxygen atoms in total. The summed E-state index contributed by atoms with van der Waals surface area (Å²) >= 11 is 1.89. The molecule has 1 aliphatic carbocycles. The van der Waals surface area contributed by atoms with E-state index in [0.717, 1.165) is 0 Å². The van der Waals surface area contributed by atoms with Gasteiger partial charge in [-0.3, -0.25) is 0 Å². The Bertz CT molecular complexity index is 2420. The molecule has 214 valence electrons. The highest BCUT2D eigenvalue weighted by Crippen LogP contribution is 2.55. The van der Waals surface area contributed by atoms with Gasteiger partial charge < -0.3 is 4.90 Å². The number of hydrogen-bond donors (Lipinski definition) is 0. The van der Waals surface area contributed by atoms with Crippen molar-refractivity contribution in [1.82, 2.24) is 0 Å². The van der Waals surface area contributed by atoms with Crippen LogP contribution >= 0.6 is 11.3 Å². The van der Waals surface area contributed by atoms with E-state index in [4.69, 9.17) is 0 Å². The van der Waals surface area contributed by atoms with Crippen LogP contribution in [0, 0.1) is 0 Å². The third kappa shape index (κ3) is 3.86. The van der Waals surface area contributed by atoms with Gasteiger partial charge in [-0.05, 0) is 51.9 Å². The van der Waals surface area contributed by atoms with Crippen LogP contribution in [0.4, 0.5) is 17.1 Å². The van der Waals surface area contributed by atoms with Gasteiger partial charge in [0.15, 0.2) is 0 Å². The van der Waals surface area contributed by atoms with Crippen molar-refractivity contribution >= 4 is 59.3 Å². The van der Waals surface area contributed by atoms with Gasteiger partial charge >= 0.3 is 0 Å². The molecule has 0 saturated carbocycles. The molecule has 1 heterocycles. The maximum absolute atomic E-state index is 2.54. The van der Waals surface area contributed by atoms with Gasteiger partial charge in [-0.2, -0.15) is 0 Å². The lowest BCUT2D eigenvalue weighted by Gasteiger charge is -2.34. The van der Waals surface area contributed by atoms with E-state index in [2.05, 4.69) is 170 Å². The molecule has 9 rings (SSSR count). The second-order valence-corrected chi connectivity index (χ2v) is 13.6. The third-order valence-electron chi connectivity index (χ3n) is 9.65. The Kier molecular flexibility index (Phi) is 5.78. The molecule has 0 saturated heterocycles. The lowest BCUT2D eigenvalue weighted by Crippen LogP contribution is -2.21. The van der Waals surface area contributed by atoms with Gasteiger partial charge in [0.1, 0.15) is 0 Å². The minimum Gasteiger partial charge on any atom is -0.309 e. The van der Waals surface area contributed by atoms with Gasteiger partial charge in [0.25, 0.3) is 0 Å². The molecule has 0 bridgehead atoms. The van der Waals surface area contributed by atoms with Gasteiger partial charge in [-0.25, -0.2) is 0 Å². The number of hydrogen-bond acceptors (Lipinski definition) is 2. The quantitative estimate of drug-likeness (QED) is 0.196. The van der Waals surface area contributed by atoms with Crippen LogP contribution < -0.4 is 4.90 Å². The molecule has 0 aliphatic heterocycles. The molecule has 1 aromatic heterocycles. The summed E-state index contributed by atoms with van der Waals surface area (Å²) in [4.78, 5) is 2.54. The summed E-state index contributed by atoms with van der Waals surface area (Å²) in [6.45, 7) is 4.76. The summed E-state index contributed by atoms with van der Waals surface area (Å²) in [5.41, 5.74) is 11.3. The van der Waals surface area contributed by atoms with Gasteiger partial charge in [0.05, 0.1) is 17.1 Å². The van der Waals surface area contributed by atoms with Crippen molar-refractivity contribution in [3.8, 4) is 22.3 Å². The molecule has 2 heteroatoms. The van der Waals surface area contributed by atoms with E-state index >= 15 is 0 Å². The normalized spacial score (nSPS) is 13.3. The highest BCUT2D eigenvalue weighted by molar-refractivity contribution is 7.26. The molecule has 0 unspecified atom stereocenters. The maximum atomic E-state index is 2.54. The largest absolute Gasteiger partial charge is 0.309 e. The summed E-state index contributed by atoms with van der Waals surface area (Å²) in [6.07, 6.45) is 0. The van der Waals surface area contributed by atoms with E-state index in [1.165, 1.54) is 81.4 Å². The Labute approximate surface area is 267 Å². The number of fused-ring (bicyclic) bond motifs is 7. The zero-order valence-corrected chi connectivity index (χ0v) is 26.1. The van der Waals surface area contributed by atoms with Gasteiger partial charge in [-0.15, -0.1) is 11.3 Å². The first-order chi connectivity index (χ1) is 22.1. The SMILES string of the molecule is CC1(C)c2ccccc2-c2cccc(N(c3ccccc3-c3cccc4c3sc3ccccc34)c3cccc4ccccc34)c21. The first-order valence-corrected chi connectivity index (χ1v) is 16.4. The van der Waals surface area contributed by atoms with E-state index in [1.807, 2.05) is 11.3 Å². The summed E-state index contributed by atoms with van der Waals surface area (Å²) in [5.74, 6) is 0. The number of rotatable bonds is 4. The van der Waals surface area contributed by atoms with Crippen LogP contribution in [0.25, 0.3) is 53.2 Å². The summed E-state index contributed by atoms with van der Waals surface area (Å²) in [7, 11) is 0. The Morgan fingerprint density at radius 3 is 1.93 bits per heavy atom. The monoisotopic (exact) mass is 593 g/mol. The van der Waals surface area contributed by atoms with E-state index in [1.54, 1.807) is 0 Å². The van der Waals surface area contributed by atoms with Gasteiger partial charge in [0.2, 0.25) is 0 Å². The number of nitrogens with zero attached hydrogens (tertiary/aromatic N) is 1. The molecule has 0 atom stereocenters. The van der Waals surface area contributed by atoms with Crippen molar-refractivity contribution in [2.24, 2.45) is 0 Å². The molecule has 1 aliphatic rings. The van der Waals surface area contributed by atoms with Crippen LogP contribution in [-0.4, -0.2) is 0 Å². The van der Waals surface area contributed by atoms with Crippen molar-refractivity contribution in [2.75, 3.05) is 4.90 Å². The Balaban J connectivity index is 1.38. The highest BCUT2D eigenvalue weighted by Gasteiger charge is 2.39. The van der Waals surface area contributed by atoms with Crippen LogP contribution in [0.3, 0.4) is 0 Å². The number of para-hydroxylation sites is 1. The summed E-state index contributed by atoms with van der Waals surface area (Å²) in [6, 6.07) is 55.8. The first-order valence-electron chi connectivity index (χ1n) is 15.6. The summed E-state index contributed by atoms with van der Waals surface area (Å²) < 4.78 is 2.65. The highest BCUT2D eigenvalue weighted by atomic mass is 32.1. The zero-order valence-electron chi connectivity index (χ0n) is 25.3. The molecule has 0 radical (unpaired) electrons. The zero-order chi connectivity index (χ0) is 30.1. The topological polar surface area (TPSA) is 3.24 Å². The molecule has 8 aromatic rings. The van der Waals surface area contributed by atoms with Crippen LogP contribution in [0.1, 0.15) is 25.0 Å². The van der Waals surface area contributed by atoms with Crippen molar-refractivity contribution in [2.45, 2.75) is 19.3 Å². The second-order valence-electron chi connectivity index (χ2n) is 12.5. The van der Waals surface area contributed by atoms with Crippen molar-refractivity contribution < 1.29 is 0 Å². The number of benzene rings is 7. The summed E-state index contributed by atoms with van der Waals surface area (Å²) in [5, 5.41) is 5.11. The fraction of sp³-hybridized carbons (Fsp3) is 0.0698. The van der Waals surface area contributed by atoms with E-state index in [-0.39, 0.29) is 5.41 Å². The van der Waals surface area contributed by atoms with Gasteiger partial charge in [0, 0.05) is 42.1 Å². The average Bonchev–Trinajstić information content (AvgIpc) is 3.58. The second kappa shape index (κ2) is 9.92. The molecule has 0 amide bonds. The van der Waals surface area contributed by atoms with Crippen molar-refractivity contribution in [3.05, 3.63) is 163 Å². The van der Waals surface area contributed by atoms with Crippen LogP contribution in [0.2, 0.25) is 0 Å². The molecule has 7 aromatic carbocycles. The average molecular weight is 594 g/mol. The molecule has 0 fully saturated rings. The number of thiophene rings is 1. The van der Waals surface area contributed by atoms with Crippen LogP contribution in [0.15, 0.2) is 152 Å². The third-order valence-corrected chi connectivity index (χ3v) is 10.9. The van der Waals surface area contributed by atoms with Crippen LogP contribution in [0.5, 0.6) is 0 Å². The van der Waals surface area contributed by atoms with E-state index in [0.29, 0.717) is 0 Å². The molecule has 45 heavy (non-hydrogen) atoms. The molecular formula is C43H31NS. The Morgan fingerprint density at radius 1 is 0.444 bits per heavy atom. The molecule has 0 spiro atoms. The molecular weight excluding hydrogens is 563 g/mol. The van der Waals surface area contributed by atoms with Crippen molar-refractivity contribution in [3.63, 3.8) is 0 Å². The lowest BCUT2D eigenvalue weighted by atomic mass is 9.81. The molecule has 0 N–H and O–H groups in total. The van der Waals surface area contributed by atoms with E-state index in [9.17, 15) is 0 Å². The minimum atomic E-state index is -0.161. The maximum Gasteiger partial charge on any atom is 0.0540 e. The Hall–Kier alpha value is -5.18. The van der Waals surface area contributed by atoms with Crippen LogP contribution in [-0.2, 0) is 5.41 Å². The lowest BCUT2D eigenvalue weighted by molar-refractivity contribution is 0.661. The smallest absolute Gasteiger partial charge is 0.0540 e. The predicted octanol–water partition coefficient (Wildman–Crippen LogP) is 12.7. The predicted molar refractivity (Wildman–Crippen MR) is 195 cm³/mol. The van der Waals surface area contributed by atoms with E-state index < -0.39 is 0 Å². The fourth-order valence-electron chi connectivity index (χ4n) is 7.65. The first kappa shape index (κ1) is 26.2. The van der Waals surface area contributed by atoms with Gasteiger partial charge in [-0.1, -0.05) is 141 Å². The van der Waals surface area contributed by atoms with Crippen molar-refractivity contribution in [1.29, 1.82) is 0 Å².